The molecule has 1 amide bonds. The average molecular weight is 436 g/mol. The van der Waals surface area contributed by atoms with E-state index in [0.29, 0.717) is 23.1 Å². The van der Waals surface area contributed by atoms with E-state index in [1.807, 2.05) is 45.2 Å². The Hall–Kier alpha value is -3.45. The summed E-state index contributed by atoms with van der Waals surface area (Å²) in [6.45, 7) is 4.06. The van der Waals surface area contributed by atoms with Crippen molar-refractivity contribution in [1.29, 1.82) is 0 Å². The van der Waals surface area contributed by atoms with Crippen molar-refractivity contribution >= 4 is 34.2 Å². The van der Waals surface area contributed by atoms with Crippen molar-refractivity contribution in [2.24, 2.45) is 7.05 Å². The third-order valence-corrected chi connectivity index (χ3v) is 5.16. The van der Waals surface area contributed by atoms with E-state index in [1.165, 1.54) is 0 Å². The normalized spacial score (nSPS) is 11.0. The lowest BCUT2D eigenvalue weighted by Crippen LogP contribution is -2.34. The molecule has 7 nitrogen and oxygen atoms in total. The zero-order chi connectivity index (χ0) is 22.0. The van der Waals surface area contributed by atoms with Crippen LogP contribution < -0.4 is 9.64 Å². The summed E-state index contributed by atoms with van der Waals surface area (Å²) in [4.78, 5) is 23.7. The number of pyridine rings is 2. The molecule has 0 saturated heterocycles. The number of benzene rings is 1. The first-order valence-corrected chi connectivity index (χ1v) is 10.2. The predicted octanol–water partition coefficient (Wildman–Crippen LogP) is 4.25. The van der Waals surface area contributed by atoms with Crippen LogP contribution in [-0.4, -0.2) is 32.3 Å². The molecule has 3 aromatic heterocycles. The van der Waals surface area contributed by atoms with Gasteiger partial charge in [0.15, 0.2) is 12.3 Å². The van der Waals surface area contributed by atoms with Gasteiger partial charge in [-0.05, 0) is 61.9 Å². The molecular weight excluding hydrogens is 414 g/mol. The first-order chi connectivity index (χ1) is 14.9. The number of hydrogen-bond acceptors (Lipinski definition) is 5. The van der Waals surface area contributed by atoms with Gasteiger partial charge in [-0.2, -0.15) is 0 Å². The Morgan fingerprint density at radius 1 is 1.16 bits per heavy atom. The van der Waals surface area contributed by atoms with Gasteiger partial charge in [0.2, 0.25) is 5.88 Å². The molecule has 0 radical (unpaired) electrons. The summed E-state index contributed by atoms with van der Waals surface area (Å²) in [5, 5.41) is 5.83. The third kappa shape index (κ3) is 4.51. The molecular formula is C23H22ClN5O2. The van der Waals surface area contributed by atoms with E-state index in [0.717, 1.165) is 28.0 Å². The molecule has 0 aliphatic carbocycles. The number of carbonyl (C=O) groups is 1. The van der Waals surface area contributed by atoms with Crippen molar-refractivity contribution in [3.05, 3.63) is 76.7 Å². The van der Waals surface area contributed by atoms with Gasteiger partial charge in [-0.25, -0.2) is 9.67 Å². The molecule has 0 spiro atoms. The molecule has 31 heavy (non-hydrogen) atoms. The molecule has 4 rings (SSSR count). The molecule has 0 unspecified atom stereocenters. The summed E-state index contributed by atoms with van der Waals surface area (Å²) in [5.74, 6) is 0.175. The van der Waals surface area contributed by atoms with Crippen LogP contribution in [0.5, 0.6) is 5.88 Å². The van der Waals surface area contributed by atoms with Gasteiger partial charge in [0, 0.05) is 29.6 Å². The van der Waals surface area contributed by atoms with Crippen LogP contribution in [0.4, 0.5) is 5.69 Å². The van der Waals surface area contributed by atoms with Crippen LogP contribution in [0.2, 0.25) is 5.02 Å². The molecule has 158 valence electrons. The van der Waals surface area contributed by atoms with Crippen LogP contribution in [0.3, 0.4) is 0 Å². The Kier molecular flexibility index (Phi) is 5.86. The number of carbonyl (C=O) groups excluding carboxylic acids is 1. The van der Waals surface area contributed by atoms with Gasteiger partial charge in [0.25, 0.3) is 5.91 Å². The van der Waals surface area contributed by atoms with Crippen LogP contribution in [0.15, 0.2) is 54.7 Å². The molecule has 8 heteroatoms. The van der Waals surface area contributed by atoms with Crippen molar-refractivity contribution in [3.8, 4) is 5.88 Å². The van der Waals surface area contributed by atoms with Gasteiger partial charge in [0.1, 0.15) is 0 Å². The Morgan fingerprint density at radius 2 is 1.94 bits per heavy atom. The summed E-state index contributed by atoms with van der Waals surface area (Å²) in [7, 11) is 1.81. The van der Waals surface area contributed by atoms with Crippen molar-refractivity contribution in [3.63, 3.8) is 0 Å². The minimum absolute atomic E-state index is 0.172. The van der Waals surface area contributed by atoms with Crippen molar-refractivity contribution < 1.29 is 9.53 Å². The zero-order valence-corrected chi connectivity index (χ0v) is 18.3. The maximum Gasteiger partial charge on any atom is 0.265 e. The SMILES string of the molecule is Cc1cc(C)c2c(OCC(=O)N(Cc3ccccn3)c3ccc(Cl)cc3)nn(C)c2n1. The number of aromatic nitrogens is 4. The lowest BCUT2D eigenvalue weighted by Gasteiger charge is -2.22. The smallest absolute Gasteiger partial charge is 0.265 e. The lowest BCUT2D eigenvalue weighted by molar-refractivity contribution is -0.120. The van der Waals surface area contributed by atoms with Crippen molar-refractivity contribution in [2.75, 3.05) is 11.5 Å². The van der Waals surface area contributed by atoms with Crippen LogP contribution in [0.25, 0.3) is 11.0 Å². The summed E-state index contributed by atoms with van der Waals surface area (Å²) in [6, 6.07) is 14.7. The molecule has 0 N–H and O–H groups in total. The number of nitrogens with zero attached hydrogens (tertiary/aromatic N) is 5. The largest absolute Gasteiger partial charge is 0.466 e. The second-order valence-electron chi connectivity index (χ2n) is 7.27. The van der Waals surface area contributed by atoms with Crippen LogP contribution >= 0.6 is 11.6 Å². The monoisotopic (exact) mass is 435 g/mol. The van der Waals surface area contributed by atoms with Gasteiger partial charge in [-0.3, -0.25) is 9.78 Å². The number of halogens is 1. The van der Waals surface area contributed by atoms with Crippen LogP contribution in [-0.2, 0) is 18.4 Å². The van der Waals surface area contributed by atoms with Crippen molar-refractivity contribution in [2.45, 2.75) is 20.4 Å². The number of ether oxygens (including phenoxy) is 1. The van der Waals surface area contributed by atoms with E-state index >= 15 is 0 Å². The van der Waals surface area contributed by atoms with Crippen LogP contribution in [0.1, 0.15) is 17.0 Å². The Labute approximate surface area is 185 Å². The summed E-state index contributed by atoms with van der Waals surface area (Å²) in [5.41, 5.74) is 4.11. The molecule has 0 bridgehead atoms. The molecule has 0 saturated carbocycles. The predicted molar refractivity (Wildman–Crippen MR) is 120 cm³/mol. The van der Waals surface area contributed by atoms with Crippen molar-refractivity contribution in [1.82, 2.24) is 19.7 Å². The first-order valence-electron chi connectivity index (χ1n) is 9.82. The molecule has 3 heterocycles. The molecule has 0 aliphatic rings. The second kappa shape index (κ2) is 8.73. The molecule has 1 aromatic carbocycles. The highest BCUT2D eigenvalue weighted by Crippen LogP contribution is 2.27. The lowest BCUT2D eigenvalue weighted by atomic mass is 10.2. The average Bonchev–Trinajstić information content (AvgIpc) is 3.07. The van der Waals surface area contributed by atoms with Gasteiger partial charge in [0.05, 0.1) is 17.6 Å². The fourth-order valence-electron chi connectivity index (χ4n) is 3.46. The third-order valence-electron chi connectivity index (χ3n) is 4.90. The first kappa shape index (κ1) is 20.8. The van der Waals surface area contributed by atoms with Gasteiger partial charge in [-0.1, -0.05) is 17.7 Å². The van der Waals surface area contributed by atoms with E-state index in [4.69, 9.17) is 16.3 Å². The topological polar surface area (TPSA) is 73.1 Å². The zero-order valence-electron chi connectivity index (χ0n) is 17.5. The number of aryl methyl sites for hydroxylation is 3. The minimum atomic E-state index is -0.218. The molecule has 0 aliphatic heterocycles. The van der Waals surface area contributed by atoms with E-state index < -0.39 is 0 Å². The highest BCUT2D eigenvalue weighted by atomic mass is 35.5. The second-order valence-corrected chi connectivity index (χ2v) is 7.71. The number of rotatable bonds is 6. The van der Waals surface area contributed by atoms with E-state index in [1.54, 1.807) is 40.0 Å². The Morgan fingerprint density at radius 3 is 2.65 bits per heavy atom. The fraction of sp³-hybridized carbons (Fsp3) is 0.217. The van der Waals surface area contributed by atoms with Gasteiger partial charge in [-0.15, -0.1) is 5.10 Å². The number of anilines is 1. The van der Waals surface area contributed by atoms with E-state index in [-0.39, 0.29) is 12.5 Å². The Balaban J connectivity index is 1.59. The number of hydrogen-bond donors (Lipinski definition) is 0. The maximum atomic E-state index is 13.2. The van der Waals surface area contributed by atoms with Gasteiger partial charge >= 0.3 is 0 Å². The highest BCUT2D eigenvalue weighted by Gasteiger charge is 2.20. The summed E-state index contributed by atoms with van der Waals surface area (Å²) >= 11 is 6.02. The number of fused-ring (bicyclic) bond motifs is 1. The van der Waals surface area contributed by atoms with Gasteiger partial charge < -0.3 is 9.64 Å². The van der Waals surface area contributed by atoms with E-state index in [2.05, 4.69) is 15.1 Å². The molecule has 0 fully saturated rings. The molecule has 0 atom stereocenters. The minimum Gasteiger partial charge on any atom is -0.466 e. The Bertz CT molecular complexity index is 1220. The quantitative estimate of drug-likeness (QED) is 0.452. The standard InChI is InChI=1S/C23H22ClN5O2/c1-15-12-16(2)26-22-21(15)23(27-28(22)3)31-14-20(30)29(13-18-6-4-5-11-25-18)19-9-7-17(24)8-10-19/h4-12H,13-14H2,1-3H3. The molecule has 4 aromatic rings. The summed E-state index contributed by atoms with van der Waals surface area (Å²) in [6.07, 6.45) is 1.70. The number of amides is 1. The van der Waals surface area contributed by atoms with E-state index in [9.17, 15) is 4.79 Å². The fourth-order valence-corrected chi connectivity index (χ4v) is 3.58. The highest BCUT2D eigenvalue weighted by molar-refractivity contribution is 6.30. The van der Waals surface area contributed by atoms with Crippen LogP contribution in [0, 0.1) is 13.8 Å². The summed E-state index contributed by atoms with van der Waals surface area (Å²) < 4.78 is 7.54. The maximum absolute atomic E-state index is 13.2.